The van der Waals surface area contributed by atoms with Gasteiger partial charge in [-0.15, -0.1) is 11.6 Å². The summed E-state index contributed by atoms with van der Waals surface area (Å²) >= 11 is 12.7. The van der Waals surface area contributed by atoms with Gasteiger partial charge >= 0.3 is 0 Å². The van der Waals surface area contributed by atoms with Crippen molar-refractivity contribution in [1.29, 1.82) is 0 Å². The van der Waals surface area contributed by atoms with E-state index in [4.69, 9.17) is 27.9 Å². The number of ether oxygens (including phenoxy) is 1. The van der Waals surface area contributed by atoms with Crippen LogP contribution in [0.15, 0.2) is 18.2 Å². The number of aromatic nitrogens is 2. The Morgan fingerprint density at radius 1 is 1.43 bits per heavy atom. The van der Waals surface area contributed by atoms with Crippen molar-refractivity contribution in [2.75, 3.05) is 6.61 Å². The minimum atomic E-state index is -0.138. The fourth-order valence-corrected chi connectivity index (χ4v) is 3.44. The Morgan fingerprint density at radius 2 is 2.29 bits per heavy atom. The number of para-hydroxylation sites is 1. The van der Waals surface area contributed by atoms with Crippen LogP contribution in [0.25, 0.3) is 11.0 Å². The number of alkyl halides is 1. The van der Waals surface area contributed by atoms with Gasteiger partial charge in [-0.25, -0.2) is 4.98 Å². The molecule has 0 bridgehead atoms. The highest BCUT2D eigenvalue weighted by atomic mass is 35.5. The normalized spacial score (nSPS) is 20.8. The van der Waals surface area contributed by atoms with Crippen molar-refractivity contribution in [3.63, 3.8) is 0 Å². The van der Waals surface area contributed by atoms with Crippen LogP contribution in [0.1, 0.15) is 43.8 Å². The summed E-state index contributed by atoms with van der Waals surface area (Å²) < 4.78 is 7.98. The van der Waals surface area contributed by atoms with Crippen molar-refractivity contribution in [1.82, 2.24) is 9.55 Å². The third-order valence-corrected chi connectivity index (χ3v) is 4.55. The maximum Gasteiger partial charge on any atom is 0.127 e. The van der Waals surface area contributed by atoms with Crippen molar-refractivity contribution in [2.45, 2.75) is 50.6 Å². The summed E-state index contributed by atoms with van der Waals surface area (Å²) in [6.45, 7) is 3.68. The molecule has 0 aliphatic carbocycles. The zero-order chi connectivity index (χ0) is 14.8. The molecule has 2 heterocycles. The molecule has 5 heteroatoms. The summed E-state index contributed by atoms with van der Waals surface area (Å²) in [5.74, 6) is 0.885. The van der Waals surface area contributed by atoms with Crippen molar-refractivity contribution in [3.05, 3.63) is 29.0 Å². The van der Waals surface area contributed by atoms with Gasteiger partial charge < -0.3 is 9.30 Å². The van der Waals surface area contributed by atoms with Gasteiger partial charge in [-0.3, -0.25) is 0 Å². The molecule has 0 spiro atoms. The summed E-state index contributed by atoms with van der Waals surface area (Å²) in [4.78, 5) is 4.64. The van der Waals surface area contributed by atoms with Gasteiger partial charge in [0.05, 0.1) is 27.5 Å². The Labute approximate surface area is 135 Å². The lowest BCUT2D eigenvalue weighted by Gasteiger charge is -2.23. The topological polar surface area (TPSA) is 27.1 Å². The summed E-state index contributed by atoms with van der Waals surface area (Å²) in [5.41, 5.74) is 1.90. The molecule has 3 rings (SSSR count). The van der Waals surface area contributed by atoms with E-state index in [1.807, 2.05) is 25.1 Å². The van der Waals surface area contributed by atoms with Gasteiger partial charge in [-0.05, 0) is 44.7 Å². The number of rotatable bonds is 4. The van der Waals surface area contributed by atoms with Crippen LogP contribution in [0, 0.1) is 0 Å². The average molecular weight is 327 g/mol. The third-order valence-electron chi connectivity index (χ3n) is 4.05. The van der Waals surface area contributed by atoms with E-state index in [0.717, 1.165) is 47.9 Å². The first kappa shape index (κ1) is 15.1. The number of imidazole rings is 1. The van der Waals surface area contributed by atoms with E-state index < -0.39 is 0 Å². The lowest BCUT2D eigenvalue weighted by Crippen LogP contribution is -2.21. The van der Waals surface area contributed by atoms with Gasteiger partial charge in [-0.1, -0.05) is 17.7 Å². The zero-order valence-electron chi connectivity index (χ0n) is 12.2. The molecule has 2 unspecified atom stereocenters. The Bertz CT molecular complexity index is 618. The minimum absolute atomic E-state index is 0.138. The Balaban J connectivity index is 1.89. The first-order valence-electron chi connectivity index (χ1n) is 7.57. The van der Waals surface area contributed by atoms with Crippen molar-refractivity contribution < 1.29 is 4.74 Å². The highest BCUT2D eigenvalue weighted by Crippen LogP contribution is 2.30. The standard InChI is InChI=1S/C16H20Cl2N2O/c1-11(17)16-19-14-7-4-6-13(18)15(14)20(16)9-8-12-5-2-3-10-21-12/h4,6-7,11-12H,2-3,5,8-10H2,1H3. The molecule has 1 saturated heterocycles. The molecular formula is C16H20Cl2N2O. The quantitative estimate of drug-likeness (QED) is 0.743. The number of fused-ring (bicyclic) bond motifs is 1. The molecular weight excluding hydrogens is 307 g/mol. The van der Waals surface area contributed by atoms with E-state index in [9.17, 15) is 0 Å². The zero-order valence-corrected chi connectivity index (χ0v) is 13.7. The Morgan fingerprint density at radius 3 is 3.00 bits per heavy atom. The van der Waals surface area contributed by atoms with Crippen LogP contribution in [-0.2, 0) is 11.3 Å². The molecule has 1 aliphatic rings. The molecule has 114 valence electrons. The van der Waals surface area contributed by atoms with Gasteiger partial charge in [-0.2, -0.15) is 0 Å². The van der Waals surface area contributed by atoms with Crippen molar-refractivity contribution >= 4 is 34.2 Å². The lowest BCUT2D eigenvalue weighted by molar-refractivity contribution is 0.00886. The highest BCUT2D eigenvalue weighted by Gasteiger charge is 2.19. The molecule has 1 aromatic carbocycles. The van der Waals surface area contributed by atoms with Gasteiger partial charge in [0.15, 0.2) is 0 Å². The lowest BCUT2D eigenvalue weighted by atomic mass is 10.1. The smallest absolute Gasteiger partial charge is 0.127 e. The van der Waals surface area contributed by atoms with Crippen LogP contribution in [0.3, 0.4) is 0 Å². The number of benzene rings is 1. The molecule has 0 N–H and O–H groups in total. The molecule has 0 amide bonds. The molecule has 21 heavy (non-hydrogen) atoms. The number of aryl methyl sites for hydroxylation is 1. The van der Waals surface area contributed by atoms with Crippen LogP contribution < -0.4 is 0 Å². The fraction of sp³-hybridized carbons (Fsp3) is 0.562. The van der Waals surface area contributed by atoms with E-state index >= 15 is 0 Å². The first-order valence-corrected chi connectivity index (χ1v) is 8.38. The van der Waals surface area contributed by atoms with E-state index in [1.54, 1.807) is 0 Å². The summed E-state index contributed by atoms with van der Waals surface area (Å²) in [5, 5.41) is 0.592. The molecule has 2 aromatic rings. The van der Waals surface area contributed by atoms with Crippen LogP contribution in [0.2, 0.25) is 5.02 Å². The van der Waals surface area contributed by atoms with Gasteiger partial charge in [0.1, 0.15) is 5.82 Å². The second-order valence-corrected chi connectivity index (χ2v) is 6.68. The predicted molar refractivity (Wildman–Crippen MR) is 87.2 cm³/mol. The second-order valence-electron chi connectivity index (χ2n) is 5.62. The fourth-order valence-electron chi connectivity index (χ4n) is 3.00. The summed E-state index contributed by atoms with van der Waals surface area (Å²) in [6.07, 6.45) is 4.91. The van der Waals surface area contributed by atoms with Crippen molar-refractivity contribution in [2.24, 2.45) is 0 Å². The molecule has 3 nitrogen and oxygen atoms in total. The predicted octanol–water partition coefficient (Wildman–Crippen LogP) is 4.95. The van der Waals surface area contributed by atoms with Crippen LogP contribution in [0.5, 0.6) is 0 Å². The maximum atomic E-state index is 6.37. The molecule has 1 fully saturated rings. The SMILES string of the molecule is CC(Cl)c1nc2cccc(Cl)c2n1CCC1CCCCO1. The van der Waals surface area contributed by atoms with Crippen molar-refractivity contribution in [3.8, 4) is 0 Å². The van der Waals surface area contributed by atoms with Gasteiger partial charge in [0, 0.05) is 13.2 Å². The molecule has 2 atom stereocenters. The first-order chi connectivity index (χ1) is 10.2. The van der Waals surface area contributed by atoms with Crippen LogP contribution >= 0.6 is 23.2 Å². The summed E-state index contributed by atoms with van der Waals surface area (Å²) in [6, 6.07) is 5.81. The largest absolute Gasteiger partial charge is 0.378 e. The highest BCUT2D eigenvalue weighted by molar-refractivity contribution is 6.35. The van der Waals surface area contributed by atoms with E-state index in [1.165, 1.54) is 12.8 Å². The van der Waals surface area contributed by atoms with E-state index in [2.05, 4.69) is 9.55 Å². The Kier molecular flexibility index (Phi) is 4.72. The third kappa shape index (κ3) is 3.20. The second kappa shape index (κ2) is 6.55. The number of halogens is 2. The number of hydrogen-bond acceptors (Lipinski definition) is 2. The number of nitrogens with zero attached hydrogens (tertiary/aromatic N) is 2. The molecule has 1 aromatic heterocycles. The van der Waals surface area contributed by atoms with E-state index in [-0.39, 0.29) is 5.38 Å². The monoisotopic (exact) mass is 326 g/mol. The van der Waals surface area contributed by atoms with Crippen LogP contribution in [0.4, 0.5) is 0 Å². The van der Waals surface area contributed by atoms with Gasteiger partial charge in [0.25, 0.3) is 0 Å². The average Bonchev–Trinajstić information content (AvgIpc) is 2.86. The van der Waals surface area contributed by atoms with E-state index in [0.29, 0.717) is 6.10 Å². The molecule has 0 saturated carbocycles. The molecule has 0 radical (unpaired) electrons. The Hall–Kier alpha value is -0.770. The minimum Gasteiger partial charge on any atom is -0.378 e. The maximum absolute atomic E-state index is 6.37. The van der Waals surface area contributed by atoms with Crippen LogP contribution in [-0.4, -0.2) is 22.3 Å². The number of hydrogen-bond donors (Lipinski definition) is 0. The molecule has 1 aliphatic heterocycles. The summed E-state index contributed by atoms with van der Waals surface area (Å²) in [7, 11) is 0. The van der Waals surface area contributed by atoms with Gasteiger partial charge in [0.2, 0.25) is 0 Å².